The van der Waals surface area contributed by atoms with Crippen molar-refractivity contribution in [3.8, 4) is 0 Å². The summed E-state index contributed by atoms with van der Waals surface area (Å²) < 4.78 is 10.2. The van der Waals surface area contributed by atoms with Crippen molar-refractivity contribution in [3.63, 3.8) is 0 Å². The number of rotatable bonds is 12. The molecule has 0 saturated carbocycles. The van der Waals surface area contributed by atoms with E-state index in [1.807, 2.05) is 0 Å². The SMILES string of the molecule is COCCCNCC(C)N(CCOC)CC(C)C. The maximum absolute atomic E-state index is 5.18. The van der Waals surface area contributed by atoms with E-state index in [-0.39, 0.29) is 0 Å². The van der Waals surface area contributed by atoms with Crippen LogP contribution in [0.2, 0.25) is 0 Å². The fourth-order valence-corrected chi connectivity index (χ4v) is 1.95. The van der Waals surface area contributed by atoms with Crippen LogP contribution in [-0.4, -0.2) is 64.6 Å². The van der Waals surface area contributed by atoms with Crippen molar-refractivity contribution in [2.24, 2.45) is 5.92 Å². The van der Waals surface area contributed by atoms with E-state index in [4.69, 9.17) is 9.47 Å². The predicted molar refractivity (Wildman–Crippen MR) is 77.1 cm³/mol. The monoisotopic (exact) mass is 260 g/mol. The Bertz CT molecular complexity index is 177. The van der Waals surface area contributed by atoms with Gasteiger partial charge in [0.05, 0.1) is 6.61 Å². The van der Waals surface area contributed by atoms with E-state index in [9.17, 15) is 0 Å². The molecule has 0 aliphatic heterocycles. The van der Waals surface area contributed by atoms with Gasteiger partial charge in [0.15, 0.2) is 0 Å². The van der Waals surface area contributed by atoms with Crippen molar-refractivity contribution in [3.05, 3.63) is 0 Å². The third-order valence-electron chi connectivity index (χ3n) is 2.95. The van der Waals surface area contributed by atoms with Crippen molar-refractivity contribution >= 4 is 0 Å². The molecule has 0 rings (SSSR count). The smallest absolute Gasteiger partial charge is 0.0589 e. The lowest BCUT2D eigenvalue weighted by Crippen LogP contribution is -2.44. The van der Waals surface area contributed by atoms with E-state index in [1.165, 1.54) is 0 Å². The van der Waals surface area contributed by atoms with Crippen LogP contribution < -0.4 is 5.32 Å². The van der Waals surface area contributed by atoms with Crippen molar-refractivity contribution < 1.29 is 9.47 Å². The molecule has 4 nitrogen and oxygen atoms in total. The first-order valence-corrected chi connectivity index (χ1v) is 7.04. The number of nitrogens with zero attached hydrogens (tertiary/aromatic N) is 1. The van der Waals surface area contributed by atoms with Crippen LogP contribution >= 0.6 is 0 Å². The van der Waals surface area contributed by atoms with Gasteiger partial charge in [-0.05, 0) is 25.8 Å². The zero-order chi connectivity index (χ0) is 13.8. The van der Waals surface area contributed by atoms with Crippen molar-refractivity contribution in [2.75, 3.05) is 53.6 Å². The average Bonchev–Trinajstić information content (AvgIpc) is 2.33. The summed E-state index contributed by atoms with van der Waals surface area (Å²) in [6, 6.07) is 0.546. The molecule has 0 aromatic rings. The molecule has 0 aliphatic carbocycles. The molecule has 1 atom stereocenters. The van der Waals surface area contributed by atoms with Crippen LogP contribution in [0.3, 0.4) is 0 Å². The molecule has 1 unspecified atom stereocenters. The maximum atomic E-state index is 5.18. The Morgan fingerprint density at radius 2 is 1.72 bits per heavy atom. The van der Waals surface area contributed by atoms with Crippen LogP contribution in [0, 0.1) is 5.92 Å². The van der Waals surface area contributed by atoms with Gasteiger partial charge in [-0.1, -0.05) is 13.8 Å². The second kappa shape index (κ2) is 11.9. The molecule has 0 saturated heterocycles. The summed E-state index contributed by atoms with van der Waals surface area (Å²) in [5.41, 5.74) is 0. The Morgan fingerprint density at radius 1 is 1.06 bits per heavy atom. The van der Waals surface area contributed by atoms with Crippen LogP contribution in [0.4, 0.5) is 0 Å². The minimum Gasteiger partial charge on any atom is -0.385 e. The second-order valence-corrected chi connectivity index (χ2v) is 5.28. The fraction of sp³-hybridized carbons (Fsp3) is 1.00. The summed E-state index contributed by atoms with van der Waals surface area (Å²) >= 11 is 0. The van der Waals surface area contributed by atoms with Gasteiger partial charge in [-0.2, -0.15) is 0 Å². The Morgan fingerprint density at radius 3 is 2.28 bits per heavy atom. The lowest BCUT2D eigenvalue weighted by Gasteiger charge is -2.30. The summed E-state index contributed by atoms with van der Waals surface area (Å²) in [5, 5.41) is 3.49. The molecule has 0 aromatic heterocycles. The van der Waals surface area contributed by atoms with Gasteiger partial charge in [-0.25, -0.2) is 0 Å². The van der Waals surface area contributed by atoms with Crippen LogP contribution in [-0.2, 0) is 9.47 Å². The number of hydrogen-bond donors (Lipinski definition) is 1. The highest BCUT2D eigenvalue weighted by atomic mass is 16.5. The number of methoxy groups -OCH3 is 2. The molecule has 0 radical (unpaired) electrons. The van der Waals surface area contributed by atoms with Gasteiger partial charge in [0.25, 0.3) is 0 Å². The van der Waals surface area contributed by atoms with Gasteiger partial charge in [-0.15, -0.1) is 0 Å². The molecule has 1 N–H and O–H groups in total. The lowest BCUT2D eigenvalue weighted by atomic mass is 10.1. The van der Waals surface area contributed by atoms with Crippen LogP contribution in [0.1, 0.15) is 27.2 Å². The molecule has 0 heterocycles. The first-order valence-electron chi connectivity index (χ1n) is 7.04. The molecular formula is C14H32N2O2. The largest absolute Gasteiger partial charge is 0.385 e. The van der Waals surface area contributed by atoms with E-state index in [1.54, 1.807) is 14.2 Å². The summed E-state index contributed by atoms with van der Waals surface area (Å²) in [4.78, 5) is 2.50. The molecule has 4 heteroatoms. The molecule has 0 bridgehead atoms. The zero-order valence-electron chi connectivity index (χ0n) is 12.9. The zero-order valence-corrected chi connectivity index (χ0v) is 12.9. The van der Waals surface area contributed by atoms with Gasteiger partial charge in [0, 0.05) is 46.5 Å². The summed E-state index contributed by atoms with van der Waals surface area (Å²) in [5.74, 6) is 0.692. The summed E-state index contributed by atoms with van der Waals surface area (Å²) in [7, 11) is 3.51. The normalized spacial score (nSPS) is 13.5. The van der Waals surface area contributed by atoms with Crippen molar-refractivity contribution in [1.29, 1.82) is 0 Å². The van der Waals surface area contributed by atoms with Crippen molar-refractivity contribution in [2.45, 2.75) is 33.2 Å². The first-order chi connectivity index (χ1) is 8.61. The topological polar surface area (TPSA) is 33.7 Å². The third kappa shape index (κ3) is 9.83. The summed E-state index contributed by atoms with van der Waals surface area (Å²) in [6.45, 7) is 12.6. The molecule has 110 valence electrons. The van der Waals surface area contributed by atoms with Gasteiger partial charge in [-0.3, -0.25) is 4.90 Å². The lowest BCUT2D eigenvalue weighted by molar-refractivity contribution is 0.114. The molecule has 18 heavy (non-hydrogen) atoms. The van der Waals surface area contributed by atoms with Gasteiger partial charge in [0.2, 0.25) is 0 Å². The van der Waals surface area contributed by atoms with Crippen molar-refractivity contribution in [1.82, 2.24) is 10.2 Å². The molecular weight excluding hydrogens is 228 g/mol. The Labute approximate surface area is 113 Å². The van der Waals surface area contributed by atoms with E-state index in [0.717, 1.165) is 45.8 Å². The van der Waals surface area contributed by atoms with Gasteiger partial charge < -0.3 is 14.8 Å². The van der Waals surface area contributed by atoms with Crippen LogP contribution in [0.25, 0.3) is 0 Å². The Kier molecular flexibility index (Phi) is 11.8. The van der Waals surface area contributed by atoms with E-state index >= 15 is 0 Å². The quantitative estimate of drug-likeness (QED) is 0.541. The van der Waals surface area contributed by atoms with E-state index in [2.05, 4.69) is 31.0 Å². The molecule has 0 spiro atoms. The number of nitrogens with one attached hydrogen (secondary N) is 1. The van der Waals surface area contributed by atoms with E-state index < -0.39 is 0 Å². The third-order valence-corrected chi connectivity index (χ3v) is 2.95. The highest BCUT2D eigenvalue weighted by Crippen LogP contribution is 2.04. The van der Waals surface area contributed by atoms with Gasteiger partial charge >= 0.3 is 0 Å². The minimum atomic E-state index is 0.546. The fourth-order valence-electron chi connectivity index (χ4n) is 1.95. The number of ether oxygens (including phenoxy) is 2. The molecule has 0 fully saturated rings. The van der Waals surface area contributed by atoms with Gasteiger partial charge in [0.1, 0.15) is 0 Å². The molecule has 0 aromatic carbocycles. The standard InChI is InChI=1S/C14H32N2O2/c1-13(2)12-16(8-10-18-5)14(3)11-15-7-6-9-17-4/h13-15H,6-12H2,1-5H3. The summed E-state index contributed by atoms with van der Waals surface area (Å²) in [6.07, 6.45) is 1.07. The maximum Gasteiger partial charge on any atom is 0.0589 e. The molecule has 0 amide bonds. The average molecular weight is 260 g/mol. The van der Waals surface area contributed by atoms with Crippen LogP contribution in [0.5, 0.6) is 0 Å². The Balaban J connectivity index is 3.84. The highest BCUT2D eigenvalue weighted by molar-refractivity contribution is 4.71. The Hall–Kier alpha value is -0.160. The minimum absolute atomic E-state index is 0.546. The van der Waals surface area contributed by atoms with E-state index in [0.29, 0.717) is 12.0 Å². The number of hydrogen-bond acceptors (Lipinski definition) is 4. The highest BCUT2D eigenvalue weighted by Gasteiger charge is 2.14. The van der Waals surface area contributed by atoms with Crippen LogP contribution in [0.15, 0.2) is 0 Å². The molecule has 0 aliphatic rings. The first kappa shape index (κ1) is 17.8. The second-order valence-electron chi connectivity index (χ2n) is 5.28. The predicted octanol–water partition coefficient (Wildman–Crippen LogP) is 1.61.